The van der Waals surface area contributed by atoms with Gasteiger partial charge in [-0.15, -0.1) is 0 Å². The van der Waals surface area contributed by atoms with Gasteiger partial charge in [0.25, 0.3) is 0 Å². The molecule has 0 heterocycles. The highest BCUT2D eigenvalue weighted by molar-refractivity contribution is 5.76. The summed E-state index contributed by atoms with van der Waals surface area (Å²) in [5, 5.41) is 3.08. The number of amides is 1. The van der Waals surface area contributed by atoms with Crippen LogP contribution >= 0.6 is 0 Å². The van der Waals surface area contributed by atoms with Crippen molar-refractivity contribution in [1.82, 2.24) is 5.32 Å². The lowest BCUT2D eigenvalue weighted by molar-refractivity contribution is -0.129. The van der Waals surface area contributed by atoms with E-state index in [0.29, 0.717) is 25.2 Å². The zero-order valence-corrected chi connectivity index (χ0v) is 13.1. The molecule has 1 amide bonds. The van der Waals surface area contributed by atoms with Crippen LogP contribution in [0.3, 0.4) is 0 Å². The van der Waals surface area contributed by atoms with Crippen LogP contribution in [-0.2, 0) is 9.53 Å². The van der Waals surface area contributed by atoms with Crippen LogP contribution in [0.5, 0.6) is 0 Å². The molecule has 0 saturated heterocycles. The van der Waals surface area contributed by atoms with Gasteiger partial charge in [0.15, 0.2) is 0 Å². The molecule has 120 valence electrons. The van der Waals surface area contributed by atoms with Gasteiger partial charge in [-0.3, -0.25) is 4.79 Å². The van der Waals surface area contributed by atoms with E-state index in [2.05, 4.69) is 5.32 Å². The molecule has 0 aliphatic heterocycles. The molecule has 4 fully saturated rings. The van der Waals surface area contributed by atoms with E-state index in [4.69, 9.17) is 10.5 Å². The van der Waals surface area contributed by atoms with Gasteiger partial charge >= 0.3 is 0 Å². The van der Waals surface area contributed by atoms with Crippen LogP contribution in [0.4, 0.5) is 0 Å². The van der Waals surface area contributed by atoms with E-state index >= 15 is 0 Å². The predicted molar refractivity (Wildman–Crippen MR) is 82.7 cm³/mol. The van der Waals surface area contributed by atoms with Crippen molar-refractivity contribution in [3.05, 3.63) is 0 Å². The molecular weight excluding hydrogens is 264 g/mol. The third-order valence-corrected chi connectivity index (χ3v) is 5.75. The first-order valence-corrected chi connectivity index (χ1v) is 8.74. The minimum Gasteiger partial charge on any atom is -0.380 e. The Kier molecular flexibility index (Phi) is 4.85. The Balaban J connectivity index is 1.39. The molecule has 0 aromatic carbocycles. The quantitative estimate of drug-likeness (QED) is 0.674. The van der Waals surface area contributed by atoms with Gasteiger partial charge in [0.2, 0.25) is 5.91 Å². The zero-order chi connectivity index (χ0) is 14.7. The maximum Gasteiger partial charge on any atom is 0.220 e. The van der Waals surface area contributed by atoms with Crippen LogP contribution in [0.25, 0.3) is 0 Å². The first kappa shape index (κ1) is 15.3. The molecule has 0 unspecified atom stereocenters. The Morgan fingerprint density at radius 3 is 2.29 bits per heavy atom. The summed E-state index contributed by atoms with van der Waals surface area (Å²) < 4.78 is 5.32. The van der Waals surface area contributed by atoms with E-state index in [-0.39, 0.29) is 5.91 Å². The fourth-order valence-corrected chi connectivity index (χ4v) is 5.50. The zero-order valence-electron chi connectivity index (χ0n) is 13.1. The maximum atomic E-state index is 12.2. The summed E-state index contributed by atoms with van der Waals surface area (Å²) >= 11 is 0. The average Bonchev–Trinajstić information content (AvgIpc) is 2.40. The second-order valence-corrected chi connectivity index (χ2v) is 7.70. The van der Waals surface area contributed by atoms with Crippen LogP contribution in [0.2, 0.25) is 0 Å². The molecule has 4 aliphatic rings. The van der Waals surface area contributed by atoms with Gasteiger partial charge in [0.05, 0.1) is 6.61 Å². The number of carbonyl (C=O) groups is 1. The third-order valence-electron chi connectivity index (χ3n) is 5.75. The number of nitrogens with two attached hydrogens (primary N) is 1. The van der Waals surface area contributed by atoms with Gasteiger partial charge in [-0.05, 0) is 68.1 Å². The molecule has 0 aromatic heterocycles. The molecule has 4 heteroatoms. The van der Waals surface area contributed by atoms with E-state index in [9.17, 15) is 4.79 Å². The summed E-state index contributed by atoms with van der Waals surface area (Å²) in [5.74, 6) is 3.03. The number of ether oxygens (including phenoxy) is 1. The molecule has 4 rings (SSSR count). The number of hydrogen-bond acceptors (Lipinski definition) is 3. The van der Waals surface area contributed by atoms with Gasteiger partial charge < -0.3 is 15.8 Å². The van der Waals surface area contributed by atoms with Gasteiger partial charge in [0.1, 0.15) is 0 Å². The van der Waals surface area contributed by atoms with Crippen molar-refractivity contribution in [2.24, 2.45) is 28.9 Å². The standard InChI is InChI=1S/C17H30N2O2/c18-2-5-21-4-1-3-19-16(20)12-17-9-13-6-14(10-17)8-15(7-13)11-17/h13-15H,1-12,18H2,(H,19,20). The summed E-state index contributed by atoms with van der Waals surface area (Å²) in [7, 11) is 0. The first-order valence-electron chi connectivity index (χ1n) is 8.74. The van der Waals surface area contributed by atoms with Crippen LogP contribution in [0.15, 0.2) is 0 Å². The monoisotopic (exact) mass is 294 g/mol. The molecule has 0 spiro atoms. The molecule has 21 heavy (non-hydrogen) atoms. The van der Waals surface area contributed by atoms with Crippen molar-refractivity contribution in [2.75, 3.05) is 26.3 Å². The van der Waals surface area contributed by atoms with Gasteiger partial charge in [0, 0.05) is 26.1 Å². The number of nitrogens with one attached hydrogen (secondary N) is 1. The Morgan fingerprint density at radius 2 is 1.71 bits per heavy atom. The van der Waals surface area contributed by atoms with Crippen LogP contribution in [0, 0.1) is 23.2 Å². The maximum absolute atomic E-state index is 12.2. The topological polar surface area (TPSA) is 64.3 Å². The van der Waals surface area contributed by atoms with Crippen molar-refractivity contribution in [1.29, 1.82) is 0 Å². The van der Waals surface area contributed by atoms with E-state index in [0.717, 1.165) is 37.1 Å². The van der Waals surface area contributed by atoms with Gasteiger partial charge in [-0.25, -0.2) is 0 Å². The van der Waals surface area contributed by atoms with Crippen molar-refractivity contribution in [2.45, 2.75) is 51.4 Å². The predicted octanol–water partition coefficient (Wildman–Crippen LogP) is 2.07. The van der Waals surface area contributed by atoms with Crippen molar-refractivity contribution >= 4 is 5.91 Å². The van der Waals surface area contributed by atoms with Crippen molar-refractivity contribution in [3.63, 3.8) is 0 Å². The second-order valence-electron chi connectivity index (χ2n) is 7.70. The van der Waals surface area contributed by atoms with Crippen molar-refractivity contribution < 1.29 is 9.53 Å². The lowest BCUT2D eigenvalue weighted by Crippen LogP contribution is -2.48. The molecule has 0 radical (unpaired) electrons. The summed E-state index contributed by atoms with van der Waals surface area (Å²) in [6.45, 7) is 2.60. The second kappa shape index (κ2) is 6.66. The fraction of sp³-hybridized carbons (Fsp3) is 0.941. The summed E-state index contributed by atoms with van der Waals surface area (Å²) in [6, 6.07) is 0. The van der Waals surface area contributed by atoms with Crippen LogP contribution in [0.1, 0.15) is 51.4 Å². The molecular formula is C17H30N2O2. The lowest BCUT2D eigenvalue weighted by atomic mass is 9.49. The molecule has 4 bridgehead atoms. The van der Waals surface area contributed by atoms with E-state index in [1.807, 2.05) is 0 Å². The SMILES string of the molecule is NCCOCCCNC(=O)CC12CC3CC(CC(C3)C1)C2. The highest BCUT2D eigenvalue weighted by Gasteiger charge is 2.51. The third kappa shape index (κ3) is 3.78. The fourth-order valence-electron chi connectivity index (χ4n) is 5.50. The molecule has 0 atom stereocenters. The van der Waals surface area contributed by atoms with E-state index < -0.39 is 0 Å². The number of carbonyl (C=O) groups excluding carboxylic acids is 1. The number of hydrogen-bond donors (Lipinski definition) is 2. The lowest BCUT2D eigenvalue weighted by Gasteiger charge is -2.56. The number of rotatable bonds is 8. The Morgan fingerprint density at radius 1 is 1.10 bits per heavy atom. The van der Waals surface area contributed by atoms with Crippen molar-refractivity contribution in [3.8, 4) is 0 Å². The minimum absolute atomic E-state index is 0.260. The normalized spacial score (nSPS) is 36.9. The molecule has 4 aliphatic carbocycles. The summed E-state index contributed by atoms with van der Waals surface area (Å²) in [5.41, 5.74) is 5.72. The van der Waals surface area contributed by atoms with Crippen LogP contribution in [-0.4, -0.2) is 32.2 Å². The molecule has 4 nitrogen and oxygen atoms in total. The van der Waals surface area contributed by atoms with Gasteiger partial charge in [-0.1, -0.05) is 0 Å². The molecule has 0 aromatic rings. The minimum atomic E-state index is 0.260. The summed E-state index contributed by atoms with van der Waals surface area (Å²) in [6.07, 6.45) is 9.91. The van der Waals surface area contributed by atoms with E-state index in [1.165, 1.54) is 38.5 Å². The summed E-state index contributed by atoms with van der Waals surface area (Å²) in [4.78, 5) is 12.2. The Bertz CT molecular complexity index is 335. The van der Waals surface area contributed by atoms with E-state index in [1.54, 1.807) is 0 Å². The Labute approximate surface area is 128 Å². The van der Waals surface area contributed by atoms with Gasteiger partial charge in [-0.2, -0.15) is 0 Å². The average molecular weight is 294 g/mol. The Hall–Kier alpha value is -0.610. The smallest absolute Gasteiger partial charge is 0.220 e. The first-order chi connectivity index (χ1) is 10.2. The van der Waals surface area contributed by atoms with Crippen LogP contribution < -0.4 is 11.1 Å². The highest BCUT2D eigenvalue weighted by Crippen LogP contribution is 2.61. The highest BCUT2D eigenvalue weighted by atomic mass is 16.5. The molecule has 4 saturated carbocycles. The largest absolute Gasteiger partial charge is 0.380 e. The molecule has 3 N–H and O–H groups in total.